The molecule has 0 saturated heterocycles. The lowest BCUT2D eigenvalue weighted by atomic mass is 10.1. The fourth-order valence-corrected chi connectivity index (χ4v) is 1.91. The van der Waals surface area contributed by atoms with Gasteiger partial charge in [0.1, 0.15) is 5.75 Å². The van der Waals surface area contributed by atoms with Gasteiger partial charge in [-0.1, -0.05) is 30.3 Å². The lowest BCUT2D eigenvalue weighted by molar-refractivity contribution is -0.120. The molecule has 0 radical (unpaired) electrons. The topological polar surface area (TPSA) is 64.3 Å². The van der Waals surface area contributed by atoms with Crippen molar-refractivity contribution in [3.63, 3.8) is 0 Å². The Labute approximate surface area is 118 Å². The number of hydrogen-bond donors (Lipinski definition) is 2. The van der Waals surface area contributed by atoms with Gasteiger partial charge in [-0.15, -0.1) is 0 Å². The third kappa shape index (κ3) is 3.75. The minimum Gasteiger partial charge on any atom is -0.497 e. The summed E-state index contributed by atoms with van der Waals surface area (Å²) in [4.78, 5) is 11.9. The highest BCUT2D eigenvalue weighted by Gasteiger charge is 2.06. The monoisotopic (exact) mass is 270 g/mol. The molecule has 0 aliphatic heterocycles. The minimum atomic E-state index is -0.0503. The standard InChI is InChI=1S/C16H18N2O2/c1-20-14-7-4-5-12(9-14)11-18-16(19)10-13-6-2-3-8-15(13)17/h2-9H,10-11,17H2,1H3,(H,18,19). The Bertz CT molecular complexity index is 597. The molecule has 2 aromatic carbocycles. The fourth-order valence-electron chi connectivity index (χ4n) is 1.91. The molecule has 0 aliphatic carbocycles. The molecule has 0 aromatic heterocycles. The molecule has 104 valence electrons. The molecule has 1 amide bonds. The van der Waals surface area contributed by atoms with Crippen LogP contribution in [0.4, 0.5) is 5.69 Å². The highest BCUT2D eigenvalue weighted by Crippen LogP contribution is 2.13. The first-order valence-corrected chi connectivity index (χ1v) is 6.42. The van der Waals surface area contributed by atoms with E-state index in [9.17, 15) is 4.79 Å². The second kappa shape index (κ2) is 6.61. The Morgan fingerprint density at radius 1 is 1.20 bits per heavy atom. The van der Waals surface area contributed by atoms with Crippen LogP contribution >= 0.6 is 0 Å². The van der Waals surface area contributed by atoms with Crippen molar-refractivity contribution in [1.82, 2.24) is 5.32 Å². The third-order valence-electron chi connectivity index (χ3n) is 3.03. The second-order valence-corrected chi connectivity index (χ2v) is 4.50. The number of hydrogen-bond acceptors (Lipinski definition) is 3. The molecule has 2 aromatic rings. The fraction of sp³-hybridized carbons (Fsp3) is 0.188. The maximum Gasteiger partial charge on any atom is 0.224 e. The first-order valence-electron chi connectivity index (χ1n) is 6.42. The van der Waals surface area contributed by atoms with Crippen LogP contribution in [0, 0.1) is 0 Å². The Balaban J connectivity index is 1.90. The van der Waals surface area contributed by atoms with Gasteiger partial charge in [0, 0.05) is 12.2 Å². The number of carbonyl (C=O) groups excluding carboxylic acids is 1. The smallest absolute Gasteiger partial charge is 0.224 e. The molecule has 0 fully saturated rings. The van der Waals surface area contributed by atoms with Gasteiger partial charge in [-0.2, -0.15) is 0 Å². The molecule has 0 unspecified atom stereocenters. The van der Waals surface area contributed by atoms with E-state index < -0.39 is 0 Å². The average molecular weight is 270 g/mol. The van der Waals surface area contributed by atoms with E-state index in [2.05, 4.69) is 5.32 Å². The van der Waals surface area contributed by atoms with Gasteiger partial charge in [0.15, 0.2) is 0 Å². The Morgan fingerprint density at radius 3 is 2.75 bits per heavy atom. The van der Waals surface area contributed by atoms with Crippen molar-refractivity contribution in [1.29, 1.82) is 0 Å². The van der Waals surface area contributed by atoms with Crippen molar-refractivity contribution < 1.29 is 9.53 Å². The number of para-hydroxylation sites is 1. The molecule has 0 atom stereocenters. The van der Waals surface area contributed by atoms with Crippen molar-refractivity contribution in [2.45, 2.75) is 13.0 Å². The van der Waals surface area contributed by atoms with Crippen molar-refractivity contribution in [2.75, 3.05) is 12.8 Å². The number of methoxy groups -OCH3 is 1. The van der Waals surface area contributed by atoms with Gasteiger partial charge in [-0.05, 0) is 29.3 Å². The van der Waals surface area contributed by atoms with Gasteiger partial charge >= 0.3 is 0 Å². The maximum atomic E-state index is 11.9. The minimum absolute atomic E-state index is 0.0503. The van der Waals surface area contributed by atoms with Crippen LogP contribution in [0.5, 0.6) is 5.75 Å². The number of nitrogen functional groups attached to an aromatic ring is 1. The summed E-state index contributed by atoms with van der Waals surface area (Å²) in [5.41, 5.74) is 8.30. The summed E-state index contributed by atoms with van der Waals surface area (Å²) in [5.74, 6) is 0.731. The summed E-state index contributed by atoms with van der Waals surface area (Å²) in [6.07, 6.45) is 0.288. The summed E-state index contributed by atoms with van der Waals surface area (Å²) >= 11 is 0. The van der Waals surface area contributed by atoms with E-state index >= 15 is 0 Å². The van der Waals surface area contributed by atoms with E-state index in [4.69, 9.17) is 10.5 Å². The van der Waals surface area contributed by atoms with E-state index in [1.54, 1.807) is 13.2 Å². The number of rotatable bonds is 5. The lowest BCUT2D eigenvalue weighted by Crippen LogP contribution is -2.24. The summed E-state index contributed by atoms with van der Waals surface area (Å²) < 4.78 is 5.14. The van der Waals surface area contributed by atoms with Crippen molar-refractivity contribution in [2.24, 2.45) is 0 Å². The number of carbonyl (C=O) groups is 1. The summed E-state index contributed by atoms with van der Waals surface area (Å²) in [6.45, 7) is 0.475. The van der Waals surface area contributed by atoms with Gasteiger partial charge in [-0.3, -0.25) is 4.79 Å². The van der Waals surface area contributed by atoms with Crippen molar-refractivity contribution >= 4 is 11.6 Å². The number of nitrogens with one attached hydrogen (secondary N) is 1. The van der Waals surface area contributed by atoms with Crippen LogP contribution in [0.15, 0.2) is 48.5 Å². The lowest BCUT2D eigenvalue weighted by Gasteiger charge is -2.08. The van der Waals surface area contributed by atoms with Crippen LogP contribution in [0.1, 0.15) is 11.1 Å². The first kappa shape index (κ1) is 13.9. The van der Waals surface area contributed by atoms with E-state index in [0.717, 1.165) is 16.9 Å². The van der Waals surface area contributed by atoms with Crippen LogP contribution in [-0.2, 0) is 17.8 Å². The van der Waals surface area contributed by atoms with Crippen LogP contribution in [-0.4, -0.2) is 13.0 Å². The van der Waals surface area contributed by atoms with Gasteiger partial charge in [-0.25, -0.2) is 0 Å². The molecule has 2 rings (SSSR count). The quantitative estimate of drug-likeness (QED) is 0.818. The molecule has 3 N–H and O–H groups in total. The van der Waals surface area contributed by atoms with Crippen LogP contribution in [0.3, 0.4) is 0 Å². The molecule has 0 heterocycles. The Morgan fingerprint density at radius 2 is 2.00 bits per heavy atom. The van der Waals surface area contributed by atoms with Gasteiger partial charge in [0.2, 0.25) is 5.91 Å². The predicted octanol–water partition coefficient (Wildman–Crippen LogP) is 2.14. The zero-order valence-corrected chi connectivity index (χ0v) is 11.4. The number of ether oxygens (including phenoxy) is 1. The van der Waals surface area contributed by atoms with Crippen molar-refractivity contribution in [3.8, 4) is 5.75 Å². The van der Waals surface area contributed by atoms with Crippen LogP contribution < -0.4 is 15.8 Å². The highest BCUT2D eigenvalue weighted by atomic mass is 16.5. The number of nitrogens with two attached hydrogens (primary N) is 1. The maximum absolute atomic E-state index is 11.9. The van der Waals surface area contributed by atoms with Gasteiger partial charge < -0.3 is 15.8 Å². The number of benzene rings is 2. The zero-order chi connectivity index (χ0) is 14.4. The van der Waals surface area contributed by atoms with Crippen LogP contribution in [0.25, 0.3) is 0 Å². The Kier molecular flexibility index (Phi) is 4.60. The molecule has 4 heteroatoms. The second-order valence-electron chi connectivity index (χ2n) is 4.50. The summed E-state index contributed by atoms with van der Waals surface area (Å²) in [7, 11) is 1.62. The van der Waals surface area contributed by atoms with E-state index in [0.29, 0.717) is 12.2 Å². The molecular formula is C16H18N2O2. The number of amides is 1. The molecule has 0 aliphatic rings. The summed E-state index contributed by atoms with van der Waals surface area (Å²) in [5, 5.41) is 2.88. The van der Waals surface area contributed by atoms with E-state index in [1.165, 1.54) is 0 Å². The summed E-state index contributed by atoms with van der Waals surface area (Å²) in [6, 6.07) is 15.0. The molecule has 20 heavy (non-hydrogen) atoms. The molecular weight excluding hydrogens is 252 g/mol. The SMILES string of the molecule is COc1cccc(CNC(=O)Cc2ccccc2N)c1. The predicted molar refractivity (Wildman–Crippen MR) is 79.4 cm³/mol. The van der Waals surface area contributed by atoms with Gasteiger partial charge in [0.05, 0.1) is 13.5 Å². The normalized spacial score (nSPS) is 10.1. The zero-order valence-electron chi connectivity index (χ0n) is 11.4. The largest absolute Gasteiger partial charge is 0.497 e. The Hall–Kier alpha value is -2.49. The first-order chi connectivity index (χ1) is 9.69. The third-order valence-corrected chi connectivity index (χ3v) is 3.03. The van der Waals surface area contributed by atoms with Crippen LogP contribution in [0.2, 0.25) is 0 Å². The highest BCUT2D eigenvalue weighted by molar-refractivity contribution is 5.80. The number of anilines is 1. The van der Waals surface area contributed by atoms with E-state index in [-0.39, 0.29) is 12.3 Å². The van der Waals surface area contributed by atoms with Crippen molar-refractivity contribution in [3.05, 3.63) is 59.7 Å². The molecule has 0 saturated carbocycles. The molecule has 4 nitrogen and oxygen atoms in total. The average Bonchev–Trinajstić information content (AvgIpc) is 2.48. The molecule has 0 bridgehead atoms. The van der Waals surface area contributed by atoms with Gasteiger partial charge in [0.25, 0.3) is 0 Å². The van der Waals surface area contributed by atoms with E-state index in [1.807, 2.05) is 42.5 Å². The molecule has 0 spiro atoms.